The summed E-state index contributed by atoms with van der Waals surface area (Å²) < 4.78 is 10.0. The molecule has 21 heavy (non-hydrogen) atoms. The van der Waals surface area contributed by atoms with Gasteiger partial charge in [-0.15, -0.1) is 0 Å². The van der Waals surface area contributed by atoms with Gasteiger partial charge in [0, 0.05) is 12.7 Å². The summed E-state index contributed by atoms with van der Waals surface area (Å²) in [5.41, 5.74) is 1.04. The minimum Gasteiger partial charge on any atom is -0.444 e. The third-order valence-electron chi connectivity index (χ3n) is 2.37. The molecule has 0 aromatic carbocycles. The molecule has 0 aliphatic rings. The first-order valence-electron chi connectivity index (χ1n) is 6.46. The highest BCUT2D eigenvalue weighted by Gasteiger charge is 2.14. The fourth-order valence-corrected chi connectivity index (χ4v) is 1.60. The minimum absolute atomic E-state index is 0.323. The van der Waals surface area contributed by atoms with Gasteiger partial charge in [0.05, 0.1) is 0 Å². The normalized spacial score (nSPS) is 12.0. The van der Waals surface area contributed by atoms with Gasteiger partial charge >= 0.3 is 11.8 Å². The molecule has 0 bridgehead atoms. The van der Waals surface area contributed by atoms with E-state index in [9.17, 15) is 9.59 Å². The van der Waals surface area contributed by atoms with E-state index in [1.807, 2.05) is 0 Å². The molecule has 0 saturated heterocycles. The van der Waals surface area contributed by atoms with Crippen molar-refractivity contribution < 1.29 is 13.9 Å². The summed E-state index contributed by atoms with van der Waals surface area (Å²) in [7, 11) is 0. The molecule has 0 saturated carbocycles. The molecule has 0 fully saturated rings. The molecule has 0 unspecified atom stereocenters. The van der Waals surface area contributed by atoms with E-state index in [0.29, 0.717) is 17.8 Å². The number of rotatable bonds is 3. The van der Waals surface area contributed by atoms with Gasteiger partial charge in [-0.05, 0) is 32.4 Å². The van der Waals surface area contributed by atoms with Crippen molar-refractivity contribution in [2.45, 2.75) is 26.4 Å². The highest BCUT2D eigenvalue weighted by Crippen LogP contribution is 2.10. The zero-order valence-corrected chi connectivity index (χ0v) is 12.1. The highest BCUT2D eigenvalue weighted by molar-refractivity contribution is 5.71. The molecule has 7 heteroatoms. The van der Waals surface area contributed by atoms with Gasteiger partial charge in [-0.3, -0.25) is 4.98 Å². The smallest absolute Gasteiger partial charge is 0.418 e. The number of hydrogen-bond donors (Lipinski definition) is 2. The van der Waals surface area contributed by atoms with Crippen molar-refractivity contribution >= 4 is 23.4 Å². The molecule has 2 aromatic rings. The van der Waals surface area contributed by atoms with Crippen LogP contribution in [0.25, 0.3) is 17.3 Å². The number of hydrogen-bond acceptors (Lipinski definition) is 5. The molecule has 0 spiro atoms. The van der Waals surface area contributed by atoms with Crippen LogP contribution < -0.4 is 11.1 Å². The Labute approximate surface area is 121 Å². The number of carbonyl (C=O) groups excluding carboxylic acids is 1. The van der Waals surface area contributed by atoms with Gasteiger partial charge in [0.1, 0.15) is 5.60 Å². The molecule has 0 aliphatic heterocycles. The SMILES string of the molecule is CC(C)(C)OC(=O)NCC=Cc1cnc2[nH]c(=O)oc2c1. The van der Waals surface area contributed by atoms with E-state index < -0.39 is 17.5 Å². The topological polar surface area (TPSA) is 97.2 Å². The number of carbonyl (C=O) groups is 1. The molecule has 112 valence electrons. The fourth-order valence-electron chi connectivity index (χ4n) is 1.60. The van der Waals surface area contributed by atoms with Crippen molar-refractivity contribution in [1.82, 2.24) is 15.3 Å². The first-order chi connectivity index (χ1) is 9.83. The highest BCUT2D eigenvalue weighted by atomic mass is 16.6. The Balaban J connectivity index is 1.91. The Kier molecular flexibility index (Phi) is 4.11. The average Bonchev–Trinajstić information content (AvgIpc) is 2.71. The van der Waals surface area contributed by atoms with E-state index >= 15 is 0 Å². The van der Waals surface area contributed by atoms with E-state index in [-0.39, 0.29) is 0 Å². The number of pyridine rings is 1. The number of amides is 1. The third-order valence-corrected chi connectivity index (χ3v) is 2.37. The van der Waals surface area contributed by atoms with Crippen molar-refractivity contribution in [2.24, 2.45) is 0 Å². The standard InChI is InChI=1S/C14H17N3O4/c1-14(2,3)21-12(18)15-6-4-5-9-7-10-11(16-8-9)17-13(19)20-10/h4-5,7-8H,6H2,1-3H3,(H,15,18)(H,16,17,19). The summed E-state index contributed by atoms with van der Waals surface area (Å²) in [6, 6.07) is 1.68. The first-order valence-corrected chi connectivity index (χ1v) is 6.46. The number of H-pyrrole nitrogens is 1. The van der Waals surface area contributed by atoms with Crippen LogP contribution in [0.3, 0.4) is 0 Å². The molecule has 0 radical (unpaired) electrons. The maximum atomic E-state index is 11.4. The maximum Gasteiger partial charge on any atom is 0.418 e. The monoisotopic (exact) mass is 291 g/mol. The van der Waals surface area contributed by atoms with Crippen LogP contribution in [0.15, 0.2) is 27.6 Å². The van der Waals surface area contributed by atoms with Gasteiger partial charge < -0.3 is 14.5 Å². The van der Waals surface area contributed by atoms with Crippen molar-refractivity contribution in [3.63, 3.8) is 0 Å². The third kappa shape index (κ3) is 4.48. The zero-order valence-electron chi connectivity index (χ0n) is 12.1. The molecule has 2 aromatic heterocycles. The van der Waals surface area contributed by atoms with Gasteiger partial charge in [0.2, 0.25) is 0 Å². The second kappa shape index (κ2) is 5.82. The lowest BCUT2D eigenvalue weighted by Crippen LogP contribution is -2.32. The molecule has 7 nitrogen and oxygen atoms in total. The molecule has 0 aliphatic carbocycles. The summed E-state index contributed by atoms with van der Waals surface area (Å²) in [6.07, 6.45) is 4.63. The Morgan fingerprint density at radius 2 is 2.29 bits per heavy atom. The molecule has 2 heterocycles. The van der Waals surface area contributed by atoms with E-state index in [2.05, 4.69) is 15.3 Å². The second-order valence-electron chi connectivity index (χ2n) is 5.42. The molecular weight excluding hydrogens is 274 g/mol. The number of aromatic nitrogens is 2. The second-order valence-corrected chi connectivity index (χ2v) is 5.42. The van der Waals surface area contributed by atoms with E-state index in [1.54, 1.807) is 45.2 Å². The Hall–Kier alpha value is -2.57. The molecule has 2 rings (SSSR count). The lowest BCUT2D eigenvalue weighted by molar-refractivity contribution is 0.0534. The molecule has 0 atom stereocenters. The molecule has 1 amide bonds. The van der Waals surface area contributed by atoms with Crippen molar-refractivity contribution in [3.8, 4) is 0 Å². The van der Waals surface area contributed by atoms with Crippen molar-refractivity contribution in [3.05, 3.63) is 34.5 Å². The fraction of sp³-hybridized carbons (Fsp3) is 0.357. The van der Waals surface area contributed by atoms with Gasteiger partial charge in [-0.1, -0.05) is 12.2 Å². The van der Waals surface area contributed by atoms with Crippen molar-refractivity contribution in [2.75, 3.05) is 6.54 Å². The predicted octanol–water partition coefficient (Wildman–Crippen LogP) is 2.05. The van der Waals surface area contributed by atoms with Gasteiger partial charge in [0.15, 0.2) is 11.2 Å². The van der Waals surface area contributed by atoms with E-state index in [4.69, 9.17) is 9.15 Å². The summed E-state index contributed by atoms with van der Waals surface area (Å²) in [5.74, 6) is -0.537. The Bertz CT molecular complexity index is 722. The number of fused-ring (bicyclic) bond motifs is 1. The zero-order chi connectivity index (χ0) is 15.5. The van der Waals surface area contributed by atoms with Crippen LogP contribution in [-0.4, -0.2) is 28.2 Å². The number of oxazole rings is 1. The number of ether oxygens (including phenoxy) is 1. The van der Waals surface area contributed by atoms with Crippen LogP contribution in [0.1, 0.15) is 26.3 Å². The quantitative estimate of drug-likeness (QED) is 0.902. The number of aromatic amines is 1. The maximum absolute atomic E-state index is 11.4. The Morgan fingerprint density at radius 1 is 1.52 bits per heavy atom. The van der Waals surface area contributed by atoms with E-state index in [0.717, 1.165) is 5.56 Å². The number of alkyl carbamates (subject to hydrolysis) is 1. The van der Waals surface area contributed by atoms with Crippen LogP contribution in [0.2, 0.25) is 0 Å². The van der Waals surface area contributed by atoms with Gasteiger partial charge in [0.25, 0.3) is 0 Å². The van der Waals surface area contributed by atoms with Crippen molar-refractivity contribution in [1.29, 1.82) is 0 Å². The summed E-state index contributed by atoms with van der Waals surface area (Å²) in [5, 5.41) is 2.60. The summed E-state index contributed by atoms with van der Waals surface area (Å²) in [6.45, 7) is 5.72. The van der Waals surface area contributed by atoms with Gasteiger partial charge in [-0.2, -0.15) is 0 Å². The van der Waals surface area contributed by atoms with Gasteiger partial charge in [-0.25, -0.2) is 14.6 Å². The lowest BCUT2D eigenvalue weighted by Gasteiger charge is -2.19. The largest absolute Gasteiger partial charge is 0.444 e. The van der Waals surface area contributed by atoms with Crippen LogP contribution in [0, 0.1) is 0 Å². The molecule has 2 N–H and O–H groups in total. The van der Waals surface area contributed by atoms with Crippen LogP contribution in [-0.2, 0) is 4.74 Å². The van der Waals surface area contributed by atoms with Crippen LogP contribution in [0.4, 0.5) is 4.79 Å². The van der Waals surface area contributed by atoms with E-state index in [1.165, 1.54) is 0 Å². The number of nitrogens with one attached hydrogen (secondary N) is 2. The Morgan fingerprint density at radius 3 is 3.00 bits per heavy atom. The van der Waals surface area contributed by atoms with Crippen LogP contribution in [0.5, 0.6) is 0 Å². The van der Waals surface area contributed by atoms with Crippen LogP contribution >= 0.6 is 0 Å². The summed E-state index contributed by atoms with van der Waals surface area (Å²) in [4.78, 5) is 28.9. The predicted molar refractivity (Wildman–Crippen MR) is 77.9 cm³/mol. The minimum atomic E-state index is -0.537. The average molecular weight is 291 g/mol. The number of nitrogens with zero attached hydrogens (tertiary/aromatic N) is 1. The lowest BCUT2D eigenvalue weighted by atomic mass is 10.2. The first kappa shape index (κ1) is 14.8. The summed E-state index contributed by atoms with van der Waals surface area (Å²) >= 11 is 0. The molecular formula is C14H17N3O4.